The number of hydrogen-bond donors (Lipinski definition) is 0. The molecule has 1 heteroatoms. The van der Waals surface area contributed by atoms with Crippen LogP contribution in [0.2, 0.25) is 0 Å². The van der Waals surface area contributed by atoms with E-state index in [2.05, 4.69) is 20.8 Å². The zero-order valence-electron chi connectivity index (χ0n) is 9.57. The molecule has 0 spiro atoms. The Bertz CT molecular complexity index is 102. The number of hydrogen-bond acceptors (Lipinski definition) is 0. The van der Waals surface area contributed by atoms with E-state index in [-0.39, 0.29) is 6.61 Å². The van der Waals surface area contributed by atoms with Gasteiger partial charge in [-0.05, 0) is 18.3 Å². The van der Waals surface area contributed by atoms with Crippen LogP contribution in [0.25, 0.3) is 0 Å². The molecule has 0 unspecified atom stereocenters. The van der Waals surface area contributed by atoms with E-state index in [4.69, 9.17) is 0 Å². The molecular weight excluding hydrogens is 160 g/mol. The maximum Gasteiger partial charge on any atom is 0.0822 e. The number of unbranched alkanes of at least 4 members (excludes halogenated alkanes) is 5. The van der Waals surface area contributed by atoms with Crippen molar-refractivity contribution in [2.24, 2.45) is 5.41 Å². The monoisotopic (exact) mass is 185 g/mol. The summed E-state index contributed by atoms with van der Waals surface area (Å²) in [4.78, 5) is 0. The molecule has 0 aromatic carbocycles. The summed E-state index contributed by atoms with van der Waals surface area (Å²) < 4.78 is 0. The molecule has 0 rings (SSSR count). The second-order valence-electron chi connectivity index (χ2n) is 5.14. The highest BCUT2D eigenvalue weighted by Gasteiger charge is 2.08. The Morgan fingerprint density at radius 3 is 1.69 bits per heavy atom. The van der Waals surface area contributed by atoms with Gasteiger partial charge in [0, 0.05) is 0 Å². The molecule has 13 heavy (non-hydrogen) atoms. The minimum atomic E-state index is 0.113. The van der Waals surface area contributed by atoms with Crippen LogP contribution in [0, 0.1) is 5.41 Å². The van der Waals surface area contributed by atoms with E-state index in [1.807, 2.05) is 0 Å². The SMILES string of the molecule is CC(C)(C)CCCCCCCC[O]. The lowest BCUT2D eigenvalue weighted by molar-refractivity contribution is 0.185. The molecule has 0 aromatic rings. The Morgan fingerprint density at radius 2 is 1.23 bits per heavy atom. The summed E-state index contributed by atoms with van der Waals surface area (Å²) in [5.74, 6) is 0. The van der Waals surface area contributed by atoms with Gasteiger partial charge in [-0.25, -0.2) is 5.11 Å². The molecule has 1 nitrogen and oxygen atoms in total. The fourth-order valence-corrected chi connectivity index (χ4v) is 1.46. The first-order valence-corrected chi connectivity index (χ1v) is 5.64. The van der Waals surface area contributed by atoms with Gasteiger partial charge in [-0.3, -0.25) is 0 Å². The van der Waals surface area contributed by atoms with Gasteiger partial charge in [-0.1, -0.05) is 52.9 Å². The molecule has 0 aliphatic heterocycles. The maximum atomic E-state index is 10.2. The van der Waals surface area contributed by atoms with Gasteiger partial charge < -0.3 is 0 Å². The summed E-state index contributed by atoms with van der Waals surface area (Å²) in [5, 5.41) is 10.2. The lowest BCUT2D eigenvalue weighted by Gasteiger charge is -2.17. The smallest absolute Gasteiger partial charge is 0.0822 e. The van der Waals surface area contributed by atoms with Gasteiger partial charge in [0.2, 0.25) is 0 Å². The molecule has 0 fully saturated rings. The third kappa shape index (κ3) is 12.0. The van der Waals surface area contributed by atoms with Crippen molar-refractivity contribution in [2.75, 3.05) is 6.61 Å². The third-order valence-corrected chi connectivity index (χ3v) is 2.32. The first-order valence-electron chi connectivity index (χ1n) is 5.64. The first kappa shape index (κ1) is 13.0. The van der Waals surface area contributed by atoms with Gasteiger partial charge in [0.1, 0.15) is 0 Å². The van der Waals surface area contributed by atoms with Crippen molar-refractivity contribution in [1.82, 2.24) is 0 Å². The second kappa shape index (κ2) is 7.37. The summed E-state index contributed by atoms with van der Waals surface area (Å²) >= 11 is 0. The van der Waals surface area contributed by atoms with Crippen LogP contribution in [0.5, 0.6) is 0 Å². The van der Waals surface area contributed by atoms with Gasteiger partial charge in [0.25, 0.3) is 0 Å². The lowest BCUT2D eigenvalue weighted by atomic mass is 9.89. The summed E-state index contributed by atoms with van der Waals surface area (Å²) in [5.41, 5.74) is 0.495. The van der Waals surface area contributed by atoms with Crippen LogP contribution < -0.4 is 0 Å². The molecule has 79 valence electrons. The van der Waals surface area contributed by atoms with E-state index < -0.39 is 0 Å². The van der Waals surface area contributed by atoms with Crippen LogP contribution >= 0.6 is 0 Å². The van der Waals surface area contributed by atoms with Crippen molar-refractivity contribution in [1.29, 1.82) is 0 Å². The van der Waals surface area contributed by atoms with E-state index in [9.17, 15) is 5.11 Å². The van der Waals surface area contributed by atoms with Crippen LogP contribution in [-0.4, -0.2) is 6.61 Å². The molecule has 0 heterocycles. The van der Waals surface area contributed by atoms with Gasteiger partial charge in [0.05, 0.1) is 6.61 Å². The second-order valence-corrected chi connectivity index (χ2v) is 5.14. The predicted octanol–water partition coefficient (Wildman–Crippen LogP) is 4.19. The Labute approximate surface area is 83.5 Å². The summed E-state index contributed by atoms with van der Waals surface area (Å²) in [6.45, 7) is 7.00. The highest BCUT2D eigenvalue weighted by molar-refractivity contribution is 4.60. The normalized spacial score (nSPS) is 12.0. The zero-order chi connectivity index (χ0) is 10.2. The average molecular weight is 185 g/mol. The molecule has 0 aromatic heterocycles. The zero-order valence-corrected chi connectivity index (χ0v) is 9.57. The molecule has 0 saturated heterocycles. The first-order chi connectivity index (χ1) is 6.06. The average Bonchev–Trinajstić information content (AvgIpc) is 2.01. The fraction of sp³-hybridized carbons (Fsp3) is 1.00. The quantitative estimate of drug-likeness (QED) is 0.530. The minimum Gasteiger partial charge on any atom is -0.237 e. The van der Waals surface area contributed by atoms with Crippen LogP contribution in [0.4, 0.5) is 0 Å². The molecule has 0 bridgehead atoms. The van der Waals surface area contributed by atoms with E-state index in [0.29, 0.717) is 5.41 Å². The Kier molecular flexibility index (Phi) is 7.35. The van der Waals surface area contributed by atoms with E-state index in [1.165, 1.54) is 32.1 Å². The van der Waals surface area contributed by atoms with E-state index >= 15 is 0 Å². The largest absolute Gasteiger partial charge is 0.237 e. The van der Waals surface area contributed by atoms with Crippen molar-refractivity contribution >= 4 is 0 Å². The van der Waals surface area contributed by atoms with Crippen molar-refractivity contribution in [3.05, 3.63) is 0 Å². The summed E-state index contributed by atoms with van der Waals surface area (Å²) in [7, 11) is 0. The Hall–Kier alpha value is -0.0400. The van der Waals surface area contributed by atoms with E-state index in [0.717, 1.165) is 12.8 Å². The highest BCUT2D eigenvalue weighted by atomic mass is 16.2. The van der Waals surface area contributed by atoms with Crippen LogP contribution in [0.1, 0.15) is 65.7 Å². The Morgan fingerprint density at radius 1 is 0.769 bits per heavy atom. The Balaban J connectivity index is 3.00. The molecule has 0 amide bonds. The number of rotatable bonds is 7. The standard InChI is InChI=1S/C12H25O/c1-12(2,3)10-8-6-4-5-7-9-11-13/h4-11H2,1-3H3. The molecule has 0 N–H and O–H groups in total. The molecule has 1 radical (unpaired) electrons. The van der Waals surface area contributed by atoms with Crippen LogP contribution in [0.3, 0.4) is 0 Å². The lowest BCUT2D eigenvalue weighted by Crippen LogP contribution is -2.03. The van der Waals surface area contributed by atoms with Crippen LogP contribution in [0.15, 0.2) is 0 Å². The van der Waals surface area contributed by atoms with E-state index in [1.54, 1.807) is 0 Å². The molecule has 0 aliphatic carbocycles. The van der Waals surface area contributed by atoms with Gasteiger partial charge >= 0.3 is 0 Å². The van der Waals surface area contributed by atoms with Gasteiger partial charge in [0.15, 0.2) is 0 Å². The molecule has 0 aliphatic rings. The maximum absolute atomic E-state index is 10.2. The predicted molar refractivity (Wildman–Crippen MR) is 57.3 cm³/mol. The summed E-state index contributed by atoms with van der Waals surface area (Å²) in [6, 6.07) is 0. The van der Waals surface area contributed by atoms with Crippen molar-refractivity contribution in [3.63, 3.8) is 0 Å². The summed E-state index contributed by atoms with van der Waals surface area (Å²) in [6.07, 6.45) is 8.60. The fourth-order valence-electron chi connectivity index (χ4n) is 1.46. The van der Waals surface area contributed by atoms with Crippen molar-refractivity contribution < 1.29 is 5.11 Å². The topological polar surface area (TPSA) is 19.9 Å². The minimum absolute atomic E-state index is 0.113. The van der Waals surface area contributed by atoms with Crippen molar-refractivity contribution in [2.45, 2.75) is 65.7 Å². The van der Waals surface area contributed by atoms with Gasteiger partial charge in [-0.2, -0.15) is 0 Å². The van der Waals surface area contributed by atoms with Crippen molar-refractivity contribution in [3.8, 4) is 0 Å². The molecular formula is C12H25O. The third-order valence-electron chi connectivity index (χ3n) is 2.32. The van der Waals surface area contributed by atoms with Crippen LogP contribution in [-0.2, 0) is 5.11 Å². The highest BCUT2D eigenvalue weighted by Crippen LogP contribution is 2.22. The molecule has 0 atom stereocenters. The molecule has 0 saturated carbocycles. The van der Waals surface area contributed by atoms with Gasteiger partial charge in [-0.15, -0.1) is 0 Å².